The van der Waals surface area contributed by atoms with Crippen LogP contribution in [0, 0.1) is 28.6 Å². The molecule has 0 aliphatic heterocycles. The van der Waals surface area contributed by atoms with Gasteiger partial charge in [-0.05, 0) is 67.6 Å². The first kappa shape index (κ1) is 19.7. The molecule has 0 amide bonds. The van der Waals surface area contributed by atoms with Crippen molar-refractivity contribution in [3.05, 3.63) is 0 Å². The second kappa shape index (κ2) is 6.60. The number of carboxylic acids is 1. The fourth-order valence-corrected chi connectivity index (χ4v) is 6.01. The molecule has 0 spiro atoms. The van der Waals surface area contributed by atoms with E-state index in [-0.39, 0.29) is 29.1 Å². The lowest BCUT2D eigenvalue weighted by Crippen LogP contribution is -2.63. The molecule has 6 atom stereocenters. The van der Waals surface area contributed by atoms with E-state index in [0.29, 0.717) is 12.3 Å². The predicted octanol–water partition coefficient (Wildman–Crippen LogP) is 3.84. The normalized spacial score (nSPS) is 43.0. The quantitative estimate of drug-likeness (QED) is 0.710. The summed E-state index contributed by atoms with van der Waals surface area (Å²) in [4.78, 5) is 10.9. The second-order valence-corrected chi connectivity index (χ2v) is 9.71. The Balaban J connectivity index is 2.25. The highest BCUT2D eigenvalue weighted by atomic mass is 16.4. The Labute approximate surface area is 146 Å². The third kappa shape index (κ3) is 3.50. The molecule has 6 unspecified atom stereocenters. The molecule has 140 valence electrons. The van der Waals surface area contributed by atoms with Crippen molar-refractivity contribution in [3.63, 3.8) is 0 Å². The number of rotatable bonds is 5. The maximum absolute atomic E-state index is 11.1. The Morgan fingerprint density at radius 2 is 1.83 bits per heavy atom. The number of aliphatic carboxylic acids is 1. The molecule has 2 fully saturated rings. The summed E-state index contributed by atoms with van der Waals surface area (Å²) in [5.41, 5.74) is -0.912. The standard InChI is InChI=1S/C20H36O4/c1-13(11-17(22)23)7-8-14-19(4)10-6-9-18(2,3)15(19)12-16(21)20(14,5)24/h13-16,21,24H,6-12H2,1-5H3,(H,22,23). The summed E-state index contributed by atoms with van der Waals surface area (Å²) in [7, 11) is 0. The topological polar surface area (TPSA) is 77.8 Å². The summed E-state index contributed by atoms with van der Waals surface area (Å²) < 4.78 is 0. The number of hydrogen-bond donors (Lipinski definition) is 3. The molecule has 24 heavy (non-hydrogen) atoms. The first-order valence-corrected chi connectivity index (χ1v) is 9.53. The lowest BCUT2D eigenvalue weighted by molar-refractivity contribution is -0.221. The molecule has 2 saturated carbocycles. The molecule has 4 heteroatoms. The Hall–Kier alpha value is -0.610. The summed E-state index contributed by atoms with van der Waals surface area (Å²) in [5.74, 6) is -0.264. The first-order chi connectivity index (χ1) is 10.9. The van der Waals surface area contributed by atoms with E-state index >= 15 is 0 Å². The minimum Gasteiger partial charge on any atom is -0.481 e. The second-order valence-electron chi connectivity index (χ2n) is 9.71. The monoisotopic (exact) mass is 340 g/mol. The number of fused-ring (bicyclic) bond motifs is 1. The molecule has 0 radical (unpaired) electrons. The SMILES string of the molecule is CC(CCC1C(C)(O)C(O)CC2C(C)(C)CCCC21C)CC(=O)O. The van der Waals surface area contributed by atoms with Crippen LogP contribution in [0.15, 0.2) is 0 Å². The summed E-state index contributed by atoms with van der Waals surface area (Å²) in [6, 6.07) is 0. The Kier molecular flexibility index (Phi) is 5.42. The van der Waals surface area contributed by atoms with Gasteiger partial charge in [0.05, 0.1) is 11.7 Å². The highest BCUT2D eigenvalue weighted by molar-refractivity contribution is 5.66. The summed E-state index contributed by atoms with van der Waals surface area (Å²) in [5, 5.41) is 30.7. The average Bonchev–Trinajstić information content (AvgIpc) is 2.40. The smallest absolute Gasteiger partial charge is 0.303 e. The van der Waals surface area contributed by atoms with Crippen LogP contribution in [0.4, 0.5) is 0 Å². The van der Waals surface area contributed by atoms with Gasteiger partial charge in [0.2, 0.25) is 0 Å². The molecule has 0 heterocycles. The van der Waals surface area contributed by atoms with Gasteiger partial charge < -0.3 is 15.3 Å². The molecule has 0 aromatic rings. The van der Waals surface area contributed by atoms with E-state index < -0.39 is 17.7 Å². The molecular formula is C20H36O4. The van der Waals surface area contributed by atoms with Gasteiger partial charge in [0.25, 0.3) is 0 Å². The van der Waals surface area contributed by atoms with Crippen molar-refractivity contribution in [1.82, 2.24) is 0 Å². The maximum atomic E-state index is 11.1. The van der Waals surface area contributed by atoms with E-state index in [2.05, 4.69) is 20.8 Å². The van der Waals surface area contributed by atoms with Gasteiger partial charge in [0, 0.05) is 6.42 Å². The van der Waals surface area contributed by atoms with Crippen molar-refractivity contribution in [2.45, 2.75) is 91.3 Å². The van der Waals surface area contributed by atoms with Crippen molar-refractivity contribution in [2.75, 3.05) is 0 Å². The zero-order chi connectivity index (χ0) is 18.3. The summed E-state index contributed by atoms with van der Waals surface area (Å²) >= 11 is 0. The number of aliphatic hydroxyl groups is 2. The van der Waals surface area contributed by atoms with E-state index in [4.69, 9.17) is 5.11 Å². The molecule has 2 aliphatic carbocycles. The summed E-state index contributed by atoms with van der Waals surface area (Å²) in [6.45, 7) is 10.6. The molecular weight excluding hydrogens is 304 g/mol. The van der Waals surface area contributed by atoms with E-state index in [0.717, 1.165) is 25.7 Å². The highest BCUT2D eigenvalue weighted by Crippen LogP contribution is 2.63. The Morgan fingerprint density at radius 1 is 1.21 bits per heavy atom. The van der Waals surface area contributed by atoms with Crippen molar-refractivity contribution in [2.24, 2.45) is 28.6 Å². The molecule has 3 N–H and O–H groups in total. The van der Waals surface area contributed by atoms with Crippen molar-refractivity contribution >= 4 is 5.97 Å². The fraction of sp³-hybridized carbons (Fsp3) is 0.950. The van der Waals surface area contributed by atoms with Gasteiger partial charge in [-0.15, -0.1) is 0 Å². The average molecular weight is 341 g/mol. The van der Waals surface area contributed by atoms with Crippen molar-refractivity contribution < 1.29 is 20.1 Å². The predicted molar refractivity (Wildman–Crippen MR) is 94.6 cm³/mol. The minimum atomic E-state index is -1.10. The largest absolute Gasteiger partial charge is 0.481 e. The van der Waals surface area contributed by atoms with Crippen molar-refractivity contribution in [3.8, 4) is 0 Å². The van der Waals surface area contributed by atoms with E-state index in [9.17, 15) is 15.0 Å². The first-order valence-electron chi connectivity index (χ1n) is 9.53. The number of carboxylic acid groups (broad SMARTS) is 1. The van der Waals surface area contributed by atoms with E-state index in [1.807, 2.05) is 6.92 Å². The number of aliphatic hydroxyl groups excluding tert-OH is 1. The molecule has 0 saturated heterocycles. The molecule has 0 aromatic heterocycles. The van der Waals surface area contributed by atoms with Gasteiger partial charge in [0.1, 0.15) is 0 Å². The third-order valence-corrected chi connectivity index (χ3v) is 7.38. The molecule has 2 rings (SSSR count). The Bertz CT molecular complexity index is 470. The van der Waals surface area contributed by atoms with Gasteiger partial charge in [-0.25, -0.2) is 0 Å². The van der Waals surface area contributed by atoms with Crippen LogP contribution < -0.4 is 0 Å². The molecule has 4 nitrogen and oxygen atoms in total. The van der Waals surface area contributed by atoms with Crippen LogP contribution in [0.3, 0.4) is 0 Å². The highest BCUT2D eigenvalue weighted by Gasteiger charge is 2.60. The van der Waals surface area contributed by atoms with Gasteiger partial charge in [-0.3, -0.25) is 4.79 Å². The minimum absolute atomic E-state index is 0.00736. The molecule has 0 bridgehead atoms. The lowest BCUT2D eigenvalue weighted by Gasteiger charge is -2.62. The van der Waals surface area contributed by atoms with Gasteiger partial charge in [0.15, 0.2) is 0 Å². The zero-order valence-electron chi connectivity index (χ0n) is 16.0. The van der Waals surface area contributed by atoms with Crippen molar-refractivity contribution in [1.29, 1.82) is 0 Å². The molecule has 0 aromatic carbocycles. The summed E-state index contributed by atoms with van der Waals surface area (Å²) in [6.07, 6.45) is 5.11. The van der Waals surface area contributed by atoms with Crippen LogP contribution >= 0.6 is 0 Å². The van der Waals surface area contributed by atoms with Crippen LogP contribution in [-0.4, -0.2) is 33.0 Å². The number of carbonyl (C=O) groups is 1. The third-order valence-electron chi connectivity index (χ3n) is 7.38. The van der Waals surface area contributed by atoms with Crippen LogP contribution in [0.1, 0.15) is 79.6 Å². The zero-order valence-corrected chi connectivity index (χ0v) is 16.0. The van der Waals surface area contributed by atoms with Gasteiger partial charge in [-0.2, -0.15) is 0 Å². The number of hydrogen-bond acceptors (Lipinski definition) is 3. The van der Waals surface area contributed by atoms with Crippen LogP contribution in [0.2, 0.25) is 0 Å². The van der Waals surface area contributed by atoms with Gasteiger partial charge >= 0.3 is 5.97 Å². The van der Waals surface area contributed by atoms with Crippen LogP contribution in [0.25, 0.3) is 0 Å². The van der Waals surface area contributed by atoms with Crippen LogP contribution in [-0.2, 0) is 4.79 Å². The van der Waals surface area contributed by atoms with Crippen LogP contribution in [0.5, 0.6) is 0 Å². The molecule has 2 aliphatic rings. The maximum Gasteiger partial charge on any atom is 0.303 e. The van der Waals surface area contributed by atoms with Gasteiger partial charge in [-0.1, -0.05) is 34.1 Å². The van der Waals surface area contributed by atoms with E-state index in [1.165, 1.54) is 6.42 Å². The fourth-order valence-electron chi connectivity index (χ4n) is 6.01. The van der Waals surface area contributed by atoms with E-state index in [1.54, 1.807) is 6.92 Å². The Morgan fingerprint density at radius 3 is 2.42 bits per heavy atom. The lowest BCUT2D eigenvalue weighted by atomic mass is 9.44.